The molecule has 1 atom stereocenters. The van der Waals surface area contributed by atoms with Crippen molar-refractivity contribution >= 4 is 11.6 Å². The molecule has 0 radical (unpaired) electrons. The molecule has 1 aromatic heterocycles. The molecule has 0 aliphatic carbocycles. The van der Waals surface area contributed by atoms with Gasteiger partial charge in [-0.3, -0.25) is 0 Å². The van der Waals surface area contributed by atoms with E-state index in [9.17, 15) is 0 Å². The Balaban J connectivity index is 2.13. The van der Waals surface area contributed by atoms with E-state index in [1.807, 2.05) is 6.92 Å². The predicted octanol–water partition coefficient (Wildman–Crippen LogP) is 2.45. The minimum atomic E-state index is 0.775. The summed E-state index contributed by atoms with van der Waals surface area (Å²) in [6.07, 6.45) is 2.37. The average molecular weight is 234 g/mol. The molecule has 1 fully saturated rings. The van der Waals surface area contributed by atoms with Crippen LogP contribution in [0.2, 0.25) is 0 Å². The lowest BCUT2D eigenvalue weighted by molar-refractivity contribution is 0.658. The van der Waals surface area contributed by atoms with Crippen LogP contribution >= 0.6 is 0 Å². The monoisotopic (exact) mass is 234 g/mol. The first-order valence-corrected chi connectivity index (χ1v) is 6.53. The largest absolute Gasteiger partial charge is 0.370 e. The Bertz CT molecular complexity index is 378. The maximum atomic E-state index is 4.53. The van der Waals surface area contributed by atoms with E-state index in [1.165, 1.54) is 6.42 Å². The van der Waals surface area contributed by atoms with Crippen LogP contribution < -0.4 is 10.2 Å². The van der Waals surface area contributed by atoms with Crippen LogP contribution in [-0.2, 0) is 0 Å². The van der Waals surface area contributed by atoms with E-state index >= 15 is 0 Å². The molecular weight excluding hydrogens is 212 g/mol. The molecule has 1 aliphatic rings. The van der Waals surface area contributed by atoms with E-state index in [1.54, 1.807) is 0 Å². The highest BCUT2D eigenvalue weighted by Gasteiger charge is 2.20. The normalized spacial score (nSPS) is 19.7. The lowest BCUT2D eigenvalue weighted by Gasteiger charge is -2.18. The highest BCUT2D eigenvalue weighted by Crippen LogP contribution is 2.23. The van der Waals surface area contributed by atoms with E-state index in [4.69, 9.17) is 0 Å². The van der Waals surface area contributed by atoms with Crippen LogP contribution in [-0.4, -0.2) is 29.6 Å². The highest BCUT2D eigenvalue weighted by molar-refractivity contribution is 5.50. The summed E-state index contributed by atoms with van der Waals surface area (Å²) in [4.78, 5) is 11.3. The molecule has 0 amide bonds. The fourth-order valence-electron chi connectivity index (χ4n) is 2.20. The van der Waals surface area contributed by atoms with Gasteiger partial charge in [0.25, 0.3) is 0 Å². The molecule has 0 spiro atoms. The van der Waals surface area contributed by atoms with Crippen LogP contribution in [0.5, 0.6) is 0 Å². The summed E-state index contributed by atoms with van der Waals surface area (Å²) in [6.45, 7) is 9.61. The first-order chi connectivity index (χ1) is 8.19. The van der Waals surface area contributed by atoms with Gasteiger partial charge in [0, 0.05) is 25.7 Å². The molecule has 1 saturated heterocycles. The van der Waals surface area contributed by atoms with Gasteiger partial charge in [-0.15, -0.1) is 0 Å². The third kappa shape index (κ3) is 3.08. The van der Waals surface area contributed by atoms with Gasteiger partial charge in [-0.25, -0.2) is 9.97 Å². The summed E-state index contributed by atoms with van der Waals surface area (Å²) in [5.41, 5.74) is 0. The van der Waals surface area contributed by atoms with E-state index in [2.05, 4.69) is 40.1 Å². The second-order valence-corrected chi connectivity index (χ2v) is 4.93. The number of aryl methyl sites for hydroxylation is 1. The molecule has 4 nitrogen and oxygen atoms in total. The molecular formula is C13H22N4. The van der Waals surface area contributed by atoms with Gasteiger partial charge >= 0.3 is 0 Å². The summed E-state index contributed by atoms with van der Waals surface area (Å²) in [6, 6.07) is 2.07. The number of nitrogens with zero attached hydrogens (tertiary/aromatic N) is 3. The Hall–Kier alpha value is -1.32. The number of hydrogen-bond acceptors (Lipinski definition) is 4. The van der Waals surface area contributed by atoms with Crippen molar-refractivity contribution in [1.82, 2.24) is 9.97 Å². The predicted molar refractivity (Wildman–Crippen MR) is 71.5 cm³/mol. The SMILES string of the molecule is CCCNc1cc(N2CCC(C)C2)nc(C)n1. The molecule has 0 saturated carbocycles. The van der Waals surface area contributed by atoms with Gasteiger partial charge in [-0.2, -0.15) is 0 Å². The Morgan fingerprint density at radius 2 is 2.29 bits per heavy atom. The van der Waals surface area contributed by atoms with Crippen molar-refractivity contribution in [3.8, 4) is 0 Å². The molecule has 17 heavy (non-hydrogen) atoms. The Kier molecular flexibility index (Phi) is 3.82. The van der Waals surface area contributed by atoms with Gasteiger partial charge in [0.15, 0.2) is 0 Å². The van der Waals surface area contributed by atoms with Crippen molar-refractivity contribution in [2.24, 2.45) is 5.92 Å². The second-order valence-electron chi connectivity index (χ2n) is 4.93. The standard InChI is InChI=1S/C13H22N4/c1-4-6-14-12-8-13(16-11(3)15-12)17-7-5-10(2)9-17/h8,10H,4-7,9H2,1-3H3,(H,14,15,16). The molecule has 2 rings (SSSR count). The minimum absolute atomic E-state index is 0.775. The average Bonchev–Trinajstić information content (AvgIpc) is 2.72. The Morgan fingerprint density at radius 3 is 2.94 bits per heavy atom. The van der Waals surface area contributed by atoms with E-state index < -0.39 is 0 Å². The Labute approximate surface area is 103 Å². The van der Waals surface area contributed by atoms with Gasteiger partial charge in [-0.1, -0.05) is 13.8 Å². The topological polar surface area (TPSA) is 41.0 Å². The third-order valence-corrected chi connectivity index (χ3v) is 3.13. The molecule has 0 aromatic carbocycles. The maximum absolute atomic E-state index is 4.53. The summed E-state index contributed by atoms with van der Waals surface area (Å²) in [5, 5.41) is 3.33. The fraction of sp³-hybridized carbons (Fsp3) is 0.692. The number of aromatic nitrogens is 2. The molecule has 0 bridgehead atoms. The van der Waals surface area contributed by atoms with Crippen molar-refractivity contribution < 1.29 is 0 Å². The quantitative estimate of drug-likeness (QED) is 0.869. The summed E-state index contributed by atoms with van der Waals surface area (Å²) in [7, 11) is 0. The summed E-state index contributed by atoms with van der Waals surface area (Å²) in [5.74, 6) is 3.65. The van der Waals surface area contributed by atoms with Gasteiger partial charge in [0.05, 0.1) is 0 Å². The minimum Gasteiger partial charge on any atom is -0.370 e. The van der Waals surface area contributed by atoms with Crippen molar-refractivity contribution in [3.05, 3.63) is 11.9 Å². The van der Waals surface area contributed by atoms with Crippen molar-refractivity contribution in [2.45, 2.75) is 33.6 Å². The number of anilines is 2. The maximum Gasteiger partial charge on any atom is 0.134 e. The lowest BCUT2D eigenvalue weighted by Crippen LogP contribution is -2.21. The zero-order valence-electron chi connectivity index (χ0n) is 11.0. The summed E-state index contributed by atoms with van der Waals surface area (Å²) >= 11 is 0. The van der Waals surface area contributed by atoms with E-state index in [0.717, 1.165) is 49.4 Å². The second kappa shape index (κ2) is 5.34. The van der Waals surface area contributed by atoms with Gasteiger partial charge < -0.3 is 10.2 Å². The lowest BCUT2D eigenvalue weighted by atomic mass is 10.2. The fourth-order valence-corrected chi connectivity index (χ4v) is 2.20. The first-order valence-electron chi connectivity index (χ1n) is 6.53. The third-order valence-electron chi connectivity index (χ3n) is 3.13. The summed E-state index contributed by atoms with van der Waals surface area (Å²) < 4.78 is 0. The van der Waals surface area contributed by atoms with Crippen LogP contribution in [0.25, 0.3) is 0 Å². The van der Waals surface area contributed by atoms with E-state index in [0.29, 0.717) is 0 Å². The van der Waals surface area contributed by atoms with Gasteiger partial charge in [0.2, 0.25) is 0 Å². The van der Waals surface area contributed by atoms with Crippen LogP contribution in [0.4, 0.5) is 11.6 Å². The van der Waals surface area contributed by atoms with Crippen LogP contribution in [0.3, 0.4) is 0 Å². The molecule has 1 unspecified atom stereocenters. The zero-order chi connectivity index (χ0) is 12.3. The van der Waals surface area contributed by atoms with Crippen LogP contribution in [0.1, 0.15) is 32.5 Å². The number of hydrogen-bond donors (Lipinski definition) is 1. The first kappa shape index (κ1) is 12.1. The molecule has 1 aromatic rings. The smallest absolute Gasteiger partial charge is 0.134 e. The number of rotatable bonds is 4. The zero-order valence-corrected chi connectivity index (χ0v) is 11.0. The molecule has 1 N–H and O–H groups in total. The molecule has 4 heteroatoms. The van der Waals surface area contributed by atoms with Crippen molar-refractivity contribution in [1.29, 1.82) is 0 Å². The van der Waals surface area contributed by atoms with Crippen LogP contribution in [0, 0.1) is 12.8 Å². The van der Waals surface area contributed by atoms with Crippen molar-refractivity contribution in [2.75, 3.05) is 29.9 Å². The Morgan fingerprint density at radius 1 is 1.47 bits per heavy atom. The van der Waals surface area contributed by atoms with Crippen molar-refractivity contribution in [3.63, 3.8) is 0 Å². The van der Waals surface area contributed by atoms with Gasteiger partial charge in [-0.05, 0) is 25.7 Å². The molecule has 2 heterocycles. The van der Waals surface area contributed by atoms with Gasteiger partial charge in [0.1, 0.15) is 17.5 Å². The highest BCUT2D eigenvalue weighted by atomic mass is 15.2. The van der Waals surface area contributed by atoms with E-state index in [-0.39, 0.29) is 0 Å². The van der Waals surface area contributed by atoms with Crippen LogP contribution in [0.15, 0.2) is 6.07 Å². The molecule has 94 valence electrons. The number of nitrogens with one attached hydrogen (secondary N) is 1. The molecule has 1 aliphatic heterocycles.